The molecular weight excluding hydrogens is 344 g/mol. The van der Waals surface area contributed by atoms with Gasteiger partial charge in [0.25, 0.3) is 0 Å². The summed E-state index contributed by atoms with van der Waals surface area (Å²) in [5, 5.41) is 7.47. The second kappa shape index (κ2) is 7.58. The fraction of sp³-hybridized carbons (Fsp3) is 0.550. The fourth-order valence-corrected chi connectivity index (χ4v) is 3.72. The van der Waals surface area contributed by atoms with E-state index in [-0.39, 0.29) is 23.8 Å². The first kappa shape index (κ1) is 19.2. The van der Waals surface area contributed by atoms with Gasteiger partial charge in [-0.2, -0.15) is 5.10 Å². The Kier molecular flexibility index (Phi) is 5.39. The predicted octanol–water partition coefficient (Wildman–Crippen LogP) is 2.23. The summed E-state index contributed by atoms with van der Waals surface area (Å²) in [4.78, 5) is 26.2. The molecule has 2 amide bonds. The van der Waals surface area contributed by atoms with E-state index in [2.05, 4.69) is 10.4 Å². The van der Waals surface area contributed by atoms with Gasteiger partial charge in [-0.1, -0.05) is 0 Å². The van der Waals surface area contributed by atoms with E-state index in [0.29, 0.717) is 26.1 Å². The Labute approximate surface area is 159 Å². The first-order valence-electron chi connectivity index (χ1n) is 9.38. The van der Waals surface area contributed by atoms with Gasteiger partial charge in [-0.3, -0.25) is 14.3 Å². The van der Waals surface area contributed by atoms with E-state index in [0.717, 1.165) is 22.9 Å². The van der Waals surface area contributed by atoms with Crippen LogP contribution in [0.25, 0.3) is 0 Å². The van der Waals surface area contributed by atoms with Crippen molar-refractivity contribution in [2.75, 3.05) is 13.1 Å². The van der Waals surface area contributed by atoms with Crippen molar-refractivity contribution in [3.63, 3.8) is 0 Å². The first-order chi connectivity index (χ1) is 12.8. The number of aryl methyl sites for hydroxylation is 3. The molecule has 3 heterocycles. The third-order valence-electron chi connectivity index (χ3n) is 5.47. The van der Waals surface area contributed by atoms with Gasteiger partial charge >= 0.3 is 0 Å². The molecule has 2 atom stereocenters. The average Bonchev–Trinajstić information content (AvgIpc) is 3.27. The van der Waals surface area contributed by atoms with Crippen LogP contribution in [-0.2, 0) is 16.1 Å². The number of furan rings is 1. The third kappa shape index (κ3) is 4.07. The van der Waals surface area contributed by atoms with Crippen LogP contribution in [0.4, 0.5) is 0 Å². The van der Waals surface area contributed by atoms with Gasteiger partial charge in [0.1, 0.15) is 11.5 Å². The first-order valence-corrected chi connectivity index (χ1v) is 9.38. The van der Waals surface area contributed by atoms with Crippen LogP contribution in [0.1, 0.15) is 47.7 Å². The summed E-state index contributed by atoms with van der Waals surface area (Å²) in [5.74, 6) is 1.59. The highest BCUT2D eigenvalue weighted by Crippen LogP contribution is 2.29. The topological polar surface area (TPSA) is 80.4 Å². The maximum Gasteiger partial charge on any atom is 0.224 e. The summed E-state index contributed by atoms with van der Waals surface area (Å²) in [6.07, 6.45) is 0.387. The van der Waals surface area contributed by atoms with Gasteiger partial charge in [0.05, 0.1) is 17.7 Å². The molecule has 2 aromatic rings. The Morgan fingerprint density at radius 1 is 1.22 bits per heavy atom. The molecule has 3 rings (SSSR count). The molecule has 0 bridgehead atoms. The molecule has 1 aliphatic rings. The Hall–Kier alpha value is -2.57. The summed E-state index contributed by atoms with van der Waals surface area (Å²) in [6, 6.07) is 3.71. The normalized spacial score (nSPS) is 19.5. The summed E-state index contributed by atoms with van der Waals surface area (Å²) >= 11 is 0. The quantitative estimate of drug-likeness (QED) is 0.873. The van der Waals surface area contributed by atoms with Crippen molar-refractivity contribution in [2.24, 2.45) is 0 Å². The van der Waals surface area contributed by atoms with Crippen molar-refractivity contribution in [1.82, 2.24) is 20.0 Å². The van der Waals surface area contributed by atoms with Crippen molar-refractivity contribution in [2.45, 2.75) is 59.5 Å². The molecule has 27 heavy (non-hydrogen) atoms. The molecule has 2 aromatic heterocycles. The molecule has 0 radical (unpaired) electrons. The van der Waals surface area contributed by atoms with Crippen LogP contribution in [0.5, 0.6) is 0 Å². The average molecular weight is 372 g/mol. The summed E-state index contributed by atoms with van der Waals surface area (Å²) in [6.45, 7) is 11.1. The van der Waals surface area contributed by atoms with Crippen LogP contribution in [0.3, 0.4) is 0 Å². The lowest BCUT2D eigenvalue weighted by atomic mass is 10.0. The lowest BCUT2D eigenvalue weighted by Gasteiger charge is -2.17. The van der Waals surface area contributed by atoms with Gasteiger partial charge in [-0.15, -0.1) is 0 Å². The summed E-state index contributed by atoms with van der Waals surface area (Å²) in [7, 11) is 0. The zero-order valence-electron chi connectivity index (χ0n) is 16.7. The minimum atomic E-state index is -0.132. The Balaban J connectivity index is 1.67. The van der Waals surface area contributed by atoms with E-state index < -0.39 is 0 Å². The summed E-state index contributed by atoms with van der Waals surface area (Å²) < 4.78 is 7.66. The van der Waals surface area contributed by atoms with Crippen molar-refractivity contribution < 1.29 is 14.0 Å². The minimum absolute atomic E-state index is 0.0255. The molecule has 0 aromatic carbocycles. The monoisotopic (exact) mass is 372 g/mol. The van der Waals surface area contributed by atoms with Crippen molar-refractivity contribution >= 4 is 11.8 Å². The second-order valence-electron chi connectivity index (χ2n) is 7.43. The molecule has 146 valence electrons. The largest absolute Gasteiger partial charge is 0.466 e. The number of nitrogens with one attached hydrogen (secondary N) is 1. The third-order valence-corrected chi connectivity index (χ3v) is 5.47. The number of amides is 2. The maximum atomic E-state index is 12.8. The molecule has 1 aliphatic heterocycles. The number of carbonyl (C=O) groups is 2. The number of rotatable bonds is 5. The van der Waals surface area contributed by atoms with E-state index in [4.69, 9.17) is 4.42 Å². The van der Waals surface area contributed by atoms with Crippen LogP contribution in [0.15, 0.2) is 16.5 Å². The number of likely N-dealkylation sites (tertiary alicyclic amines) is 1. The summed E-state index contributed by atoms with van der Waals surface area (Å²) in [5.41, 5.74) is 3.27. The van der Waals surface area contributed by atoms with Crippen molar-refractivity contribution in [3.05, 3.63) is 40.6 Å². The Morgan fingerprint density at radius 3 is 2.52 bits per heavy atom. The van der Waals surface area contributed by atoms with Gasteiger partial charge < -0.3 is 14.6 Å². The molecule has 0 spiro atoms. The van der Waals surface area contributed by atoms with E-state index in [1.165, 1.54) is 12.5 Å². The molecule has 0 aliphatic carbocycles. The maximum absolute atomic E-state index is 12.8. The van der Waals surface area contributed by atoms with E-state index in [1.807, 2.05) is 49.4 Å². The molecule has 0 saturated carbocycles. The number of nitrogens with zero attached hydrogens (tertiary/aromatic N) is 3. The molecule has 1 saturated heterocycles. The molecule has 7 nitrogen and oxygen atoms in total. The highest BCUT2D eigenvalue weighted by atomic mass is 16.3. The number of hydrogen-bond acceptors (Lipinski definition) is 4. The Morgan fingerprint density at radius 2 is 1.96 bits per heavy atom. The standard InChI is InChI=1S/C20H28N4O3/c1-12-6-7-19(27-12)17-10-23(11-18(17)21-16(5)25)20(26)8-9-24-15(4)13(2)14(3)22-24/h6-7,17-18H,8-11H2,1-5H3,(H,21,25)/t17-,18-/m1/s1. The zero-order chi connectivity index (χ0) is 19.7. The van der Waals surface area contributed by atoms with Crippen LogP contribution >= 0.6 is 0 Å². The fourth-order valence-electron chi connectivity index (χ4n) is 3.72. The molecule has 0 unspecified atom stereocenters. The van der Waals surface area contributed by atoms with Crippen molar-refractivity contribution in [1.29, 1.82) is 0 Å². The van der Waals surface area contributed by atoms with Crippen LogP contribution in [0.2, 0.25) is 0 Å². The van der Waals surface area contributed by atoms with Gasteiger partial charge in [0, 0.05) is 38.7 Å². The van der Waals surface area contributed by atoms with Crippen LogP contribution in [0, 0.1) is 27.7 Å². The molecular formula is C20H28N4O3. The highest BCUT2D eigenvalue weighted by molar-refractivity contribution is 5.77. The number of hydrogen-bond donors (Lipinski definition) is 1. The molecule has 1 N–H and O–H groups in total. The zero-order valence-corrected chi connectivity index (χ0v) is 16.7. The van der Waals surface area contributed by atoms with E-state index in [1.54, 1.807) is 0 Å². The van der Waals surface area contributed by atoms with E-state index >= 15 is 0 Å². The van der Waals surface area contributed by atoms with Gasteiger partial charge in [-0.05, 0) is 45.4 Å². The van der Waals surface area contributed by atoms with E-state index in [9.17, 15) is 9.59 Å². The number of aromatic nitrogens is 2. The highest BCUT2D eigenvalue weighted by Gasteiger charge is 2.38. The SMILES string of the molecule is CC(=O)N[C@@H]1CN(C(=O)CCn2nc(C)c(C)c2C)C[C@H]1c1ccc(C)o1. The van der Waals surface area contributed by atoms with Crippen molar-refractivity contribution in [3.8, 4) is 0 Å². The second-order valence-corrected chi connectivity index (χ2v) is 7.43. The molecule has 7 heteroatoms. The predicted molar refractivity (Wildman–Crippen MR) is 101 cm³/mol. The lowest BCUT2D eigenvalue weighted by Crippen LogP contribution is -2.39. The lowest BCUT2D eigenvalue weighted by molar-refractivity contribution is -0.130. The van der Waals surface area contributed by atoms with Gasteiger partial charge in [0.2, 0.25) is 11.8 Å². The van der Waals surface area contributed by atoms with Crippen LogP contribution < -0.4 is 5.32 Å². The molecule has 1 fully saturated rings. The van der Waals surface area contributed by atoms with Gasteiger partial charge in [-0.25, -0.2) is 0 Å². The Bertz CT molecular complexity index is 852. The van der Waals surface area contributed by atoms with Gasteiger partial charge in [0.15, 0.2) is 0 Å². The smallest absolute Gasteiger partial charge is 0.224 e. The number of carbonyl (C=O) groups excluding carboxylic acids is 2. The minimum Gasteiger partial charge on any atom is -0.466 e. The van der Waals surface area contributed by atoms with Crippen LogP contribution in [-0.4, -0.2) is 45.6 Å².